The molecule has 1 aromatic rings. The van der Waals surface area contributed by atoms with E-state index in [2.05, 4.69) is 5.32 Å². The van der Waals surface area contributed by atoms with Crippen molar-refractivity contribution in [3.05, 3.63) is 33.8 Å². The lowest BCUT2D eigenvalue weighted by Crippen LogP contribution is -2.42. The first-order valence-corrected chi connectivity index (χ1v) is 7.71. The lowest BCUT2D eigenvalue weighted by Gasteiger charge is -2.26. The lowest BCUT2D eigenvalue weighted by molar-refractivity contribution is 0.0246. The van der Waals surface area contributed by atoms with E-state index in [1.807, 2.05) is 0 Å². The molecule has 0 saturated heterocycles. The highest BCUT2D eigenvalue weighted by molar-refractivity contribution is 6.42. The molecular formula is C15H19Cl2NO2. The molecule has 5 heteroatoms. The third-order valence-corrected chi connectivity index (χ3v) is 4.53. The van der Waals surface area contributed by atoms with Gasteiger partial charge in [-0.1, -0.05) is 48.9 Å². The van der Waals surface area contributed by atoms with Gasteiger partial charge in [0.15, 0.2) is 0 Å². The molecule has 2 rings (SSSR count). The Bertz CT molecular complexity index is 483. The summed E-state index contributed by atoms with van der Waals surface area (Å²) in [7, 11) is 0. The Kier molecular flexibility index (Phi) is 5.30. The molecule has 1 amide bonds. The molecule has 1 aromatic carbocycles. The number of hydrogen-bond donors (Lipinski definition) is 2. The third kappa shape index (κ3) is 4.11. The maximum absolute atomic E-state index is 12.1. The van der Waals surface area contributed by atoms with Crippen LogP contribution in [-0.4, -0.2) is 23.2 Å². The molecule has 1 aliphatic rings. The first-order chi connectivity index (χ1) is 9.50. The highest BCUT2D eigenvalue weighted by Gasteiger charge is 2.28. The number of nitrogens with one attached hydrogen (secondary N) is 1. The highest BCUT2D eigenvalue weighted by Crippen LogP contribution is 2.26. The predicted molar refractivity (Wildman–Crippen MR) is 81.4 cm³/mol. The second-order valence-electron chi connectivity index (χ2n) is 5.45. The normalized spacial score (nSPS) is 18.4. The molecule has 0 unspecified atom stereocenters. The Morgan fingerprint density at radius 2 is 1.80 bits per heavy atom. The van der Waals surface area contributed by atoms with Crippen LogP contribution in [0.4, 0.5) is 0 Å². The van der Waals surface area contributed by atoms with Gasteiger partial charge in [0.25, 0.3) is 5.91 Å². The van der Waals surface area contributed by atoms with E-state index < -0.39 is 5.60 Å². The van der Waals surface area contributed by atoms with E-state index >= 15 is 0 Å². The van der Waals surface area contributed by atoms with Gasteiger partial charge in [0.2, 0.25) is 0 Å². The van der Waals surface area contributed by atoms with E-state index in [0.29, 0.717) is 15.6 Å². The SMILES string of the molecule is O=C(NCC1(O)CCCCCC1)c1ccc(Cl)c(Cl)c1. The molecule has 2 N–H and O–H groups in total. The fraction of sp³-hybridized carbons (Fsp3) is 0.533. The van der Waals surface area contributed by atoms with Crippen LogP contribution in [-0.2, 0) is 0 Å². The van der Waals surface area contributed by atoms with Gasteiger partial charge in [0, 0.05) is 12.1 Å². The molecule has 0 bridgehead atoms. The molecule has 1 saturated carbocycles. The van der Waals surface area contributed by atoms with Crippen molar-refractivity contribution in [2.24, 2.45) is 0 Å². The van der Waals surface area contributed by atoms with Crippen molar-refractivity contribution >= 4 is 29.1 Å². The molecule has 0 heterocycles. The van der Waals surface area contributed by atoms with Crippen molar-refractivity contribution in [1.29, 1.82) is 0 Å². The zero-order valence-corrected chi connectivity index (χ0v) is 12.8. The van der Waals surface area contributed by atoms with Crippen LogP contribution >= 0.6 is 23.2 Å². The van der Waals surface area contributed by atoms with Gasteiger partial charge >= 0.3 is 0 Å². The zero-order valence-electron chi connectivity index (χ0n) is 11.3. The average Bonchev–Trinajstić information content (AvgIpc) is 2.65. The predicted octanol–water partition coefficient (Wildman–Crippen LogP) is 3.81. The van der Waals surface area contributed by atoms with Gasteiger partial charge in [-0.25, -0.2) is 0 Å². The Balaban J connectivity index is 1.95. The fourth-order valence-corrected chi connectivity index (χ4v) is 2.85. The van der Waals surface area contributed by atoms with Crippen LogP contribution in [0, 0.1) is 0 Å². The summed E-state index contributed by atoms with van der Waals surface area (Å²) in [6.45, 7) is 0.284. The Morgan fingerprint density at radius 1 is 1.15 bits per heavy atom. The first kappa shape index (κ1) is 15.6. The Hall–Kier alpha value is -0.770. The molecule has 1 fully saturated rings. The molecule has 0 atom stereocenters. The van der Waals surface area contributed by atoms with Crippen LogP contribution in [0.3, 0.4) is 0 Å². The summed E-state index contributed by atoms with van der Waals surface area (Å²) in [5.74, 6) is -0.235. The molecule has 1 aliphatic carbocycles. The summed E-state index contributed by atoms with van der Waals surface area (Å²) >= 11 is 11.7. The molecular weight excluding hydrogens is 297 g/mol. The number of amides is 1. The van der Waals surface area contributed by atoms with Crippen molar-refractivity contribution < 1.29 is 9.90 Å². The fourth-order valence-electron chi connectivity index (χ4n) is 2.55. The molecule has 0 aromatic heterocycles. The van der Waals surface area contributed by atoms with Crippen molar-refractivity contribution in [2.75, 3.05) is 6.54 Å². The number of rotatable bonds is 3. The maximum Gasteiger partial charge on any atom is 0.251 e. The van der Waals surface area contributed by atoms with Crippen LogP contribution in [0.25, 0.3) is 0 Å². The van der Waals surface area contributed by atoms with E-state index in [-0.39, 0.29) is 12.5 Å². The second kappa shape index (κ2) is 6.79. The number of benzene rings is 1. The van der Waals surface area contributed by atoms with Gasteiger partial charge in [-0.15, -0.1) is 0 Å². The van der Waals surface area contributed by atoms with E-state index in [0.717, 1.165) is 38.5 Å². The summed E-state index contributed by atoms with van der Waals surface area (Å²) in [6.07, 6.45) is 5.83. The summed E-state index contributed by atoms with van der Waals surface area (Å²) in [5, 5.41) is 14.1. The largest absolute Gasteiger partial charge is 0.388 e. The Labute approximate surface area is 129 Å². The molecule has 0 spiro atoms. The van der Waals surface area contributed by atoms with E-state index in [4.69, 9.17) is 23.2 Å². The van der Waals surface area contributed by atoms with Crippen LogP contribution in [0.15, 0.2) is 18.2 Å². The number of aliphatic hydroxyl groups is 1. The van der Waals surface area contributed by atoms with Gasteiger partial charge in [-0.2, -0.15) is 0 Å². The molecule has 20 heavy (non-hydrogen) atoms. The number of hydrogen-bond acceptors (Lipinski definition) is 2. The monoisotopic (exact) mass is 315 g/mol. The minimum atomic E-state index is -0.775. The first-order valence-electron chi connectivity index (χ1n) is 6.96. The van der Waals surface area contributed by atoms with E-state index in [9.17, 15) is 9.90 Å². The van der Waals surface area contributed by atoms with Crippen molar-refractivity contribution in [2.45, 2.75) is 44.1 Å². The molecule has 3 nitrogen and oxygen atoms in total. The Morgan fingerprint density at radius 3 is 2.40 bits per heavy atom. The van der Waals surface area contributed by atoms with Crippen molar-refractivity contribution in [1.82, 2.24) is 5.32 Å². The van der Waals surface area contributed by atoms with Crippen LogP contribution in [0.1, 0.15) is 48.9 Å². The van der Waals surface area contributed by atoms with Crippen molar-refractivity contribution in [3.8, 4) is 0 Å². The summed E-state index contributed by atoms with van der Waals surface area (Å²) in [5.41, 5.74) is -0.320. The quantitative estimate of drug-likeness (QED) is 0.833. The molecule has 110 valence electrons. The van der Waals surface area contributed by atoms with Crippen molar-refractivity contribution in [3.63, 3.8) is 0 Å². The van der Waals surface area contributed by atoms with Gasteiger partial charge in [-0.3, -0.25) is 4.79 Å². The zero-order chi connectivity index (χ0) is 14.6. The number of halogens is 2. The lowest BCUT2D eigenvalue weighted by atomic mass is 9.94. The summed E-state index contributed by atoms with van der Waals surface area (Å²) < 4.78 is 0. The van der Waals surface area contributed by atoms with Gasteiger partial charge in [0.1, 0.15) is 0 Å². The van der Waals surface area contributed by atoms with Gasteiger partial charge in [-0.05, 0) is 31.0 Å². The van der Waals surface area contributed by atoms with Crippen LogP contribution in [0.2, 0.25) is 10.0 Å². The second-order valence-corrected chi connectivity index (χ2v) is 6.26. The smallest absolute Gasteiger partial charge is 0.251 e. The summed E-state index contributed by atoms with van der Waals surface area (Å²) in [6, 6.07) is 4.76. The van der Waals surface area contributed by atoms with Gasteiger partial charge < -0.3 is 10.4 Å². The number of carbonyl (C=O) groups excluding carboxylic acids is 1. The van der Waals surface area contributed by atoms with Gasteiger partial charge in [0.05, 0.1) is 15.6 Å². The topological polar surface area (TPSA) is 49.3 Å². The number of carbonyl (C=O) groups is 1. The molecule has 0 radical (unpaired) electrons. The maximum atomic E-state index is 12.1. The van der Waals surface area contributed by atoms with E-state index in [1.54, 1.807) is 12.1 Å². The molecule has 0 aliphatic heterocycles. The van der Waals surface area contributed by atoms with Crippen LogP contribution < -0.4 is 5.32 Å². The van der Waals surface area contributed by atoms with Crippen LogP contribution in [0.5, 0.6) is 0 Å². The summed E-state index contributed by atoms with van der Waals surface area (Å²) in [4.78, 5) is 12.1. The minimum absolute atomic E-state index is 0.235. The minimum Gasteiger partial charge on any atom is -0.388 e. The highest BCUT2D eigenvalue weighted by atomic mass is 35.5. The standard InChI is InChI=1S/C15H19Cl2NO2/c16-12-6-5-11(9-13(12)17)14(19)18-10-15(20)7-3-1-2-4-8-15/h5-6,9,20H,1-4,7-8,10H2,(H,18,19). The average molecular weight is 316 g/mol. The van der Waals surface area contributed by atoms with E-state index in [1.165, 1.54) is 6.07 Å². The third-order valence-electron chi connectivity index (χ3n) is 3.79.